The molecule has 1 unspecified atom stereocenters. The van der Waals surface area contributed by atoms with Crippen LogP contribution in [0.15, 0.2) is 12.7 Å². The van der Waals surface area contributed by atoms with E-state index in [4.69, 9.17) is 4.74 Å². The minimum absolute atomic E-state index is 0.0815. The Hall–Kier alpha value is -0.910. The zero-order chi connectivity index (χ0) is 11.7. The molecule has 0 radical (unpaired) electrons. The van der Waals surface area contributed by atoms with Crippen molar-refractivity contribution in [1.29, 1.82) is 0 Å². The van der Waals surface area contributed by atoms with E-state index in [0.29, 0.717) is 13.1 Å². The van der Waals surface area contributed by atoms with Crippen LogP contribution in [-0.2, 0) is 9.53 Å². The van der Waals surface area contributed by atoms with E-state index in [1.54, 1.807) is 18.0 Å². The minimum Gasteiger partial charge on any atom is -0.389 e. The third kappa shape index (κ3) is 8.11. The van der Waals surface area contributed by atoms with Crippen LogP contribution in [0, 0.1) is 0 Å². The van der Waals surface area contributed by atoms with Gasteiger partial charge in [0.1, 0.15) is 0 Å². The van der Waals surface area contributed by atoms with Crippen LogP contribution in [0.3, 0.4) is 0 Å². The van der Waals surface area contributed by atoms with E-state index in [-0.39, 0.29) is 19.1 Å². The second-order valence-electron chi connectivity index (χ2n) is 3.40. The van der Waals surface area contributed by atoms with Gasteiger partial charge in [-0.3, -0.25) is 9.69 Å². The van der Waals surface area contributed by atoms with E-state index in [1.165, 1.54) is 7.11 Å². The van der Waals surface area contributed by atoms with Crippen LogP contribution < -0.4 is 5.32 Å². The Morgan fingerprint density at radius 1 is 1.73 bits per heavy atom. The third-order valence-corrected chi connectivity index (χ3v) is 1.74. The van der Waals surface area contributed by atoms with Gasteiger partial charge in [-0.2, -0.15) is 0 Å². The normalized spacial score (nSPS) is 12.5. The van der Waals surface area contributed by atoms with E-state index in [0.717, 1.165) is 0 Å². The number of aliphatic hydroxyl groups excluding tert-OH is 1. The molecule has 1 amide bonds. The molecule has 0 aliphatic carbocycles. The second kappa shape index (κ2) is 8.40. The van der Waals surface area contributed by atoms with Gasteiger partial charge in [0.25, 0.3) is 0 Å². The van der Waals surface area contributed by atoms with Gasteiger partial charge in [-0.25, -0.2) is 0 Å². The molecule has 0 saturated carbocycles. The Kier molecular flexibility index (Phi) is 7.89. The number of rotatable bonds is 8. The molecule has 0 aromatic heterocycles. The van der Waals surface area contributed by atoms with Crippen LogP contribution in [0.4, 0.5) is 0 Å². The monoisotopic (exact) mass is 216 g/mol. The lowest BCUT2D eigenvalue weighted by Crippen LogP contribution is -2.39. The first-order valence-corrected chi connectivity index (χ1v) is 4.83. The molecule has 0 saturated heterocycles. The summed E-state index contributed by atoms with van der Waals surface area (Å²) < 4.78 is 4.78. The molecular formula is C10H20N2O3. The van der Waals surface area contributed by atoms with Crippen molar-refractivity contribution < 1.29 is 14.6 Å². The van der Waals surface area contributed by atoms with Gasteiger partial charge >= 0.3 is 0 Å². The van der Waals surface area contributed by atoms with Gasteiger partial charge in [-0.1, -0.05) is 6.08 Å². The van der Waals surface area contributed by atoms with E-state index < -0.39 is 6.10 Å². The van der Waals surface area contributed by atoms with Crippen molar-refractivity contribution in [3.63, 3.8) is 0 Å². The smallest absolute Gasteiger partial charge is 0.234 e. The van der Waals surface area contributed by atoms with Crippen LogP contribution >= 0.6 is 0 Å². The molecular weight excluding hydrogens is 196 g/mol. The molecule has 0 rings (SSSR count). The number of nitrogens with one attached hydrogen (secondary N) is 1. The second-order valence-corrected chi connectivity index (χ2v) is 3.40. The van der Waals surface area contributed by atoms with Crippen molar-refractivity contribution in [2.75, 3.05) is 40.4 Å². The van der Waals surface area contributed by atoms with E-state index in [2.05, 4.69) is 11.9 Å². The van der Waals surface area contributed by atoms with E-state index in [9.17, 15) is 9.90 Å². The fourth-order valence-electron chi connectivity index (χ4n) is 1.16. The summed E-state index contributed by atoms with van der Waals surface area (Å²) in [5, 5.41) is 12.1. The Labute approximate surface area is 90.7 Å². The molecule has 15 heavy (non-hydrogen) atoms. The van der Waals surface area contributed by atoms with Gasteiger partial charge < -0.3 is 15.2 Å². The Morgan fingerprint density at radius 2 is 2.40 bits per heavy atom. The van der Waals surface area contributed by atoms with Gasteiger partial charge in [0.2, 0.25) is 5.91 Å². The number of likely N-dealkylation sites (N-methyl/N-ethyl adjacent to an activating group) is 1. The van der Waals surface area contributed by atoms with Crippen molar-refractivity contribution in [2.45, 2.75) is 6.10 Å². The molecule has 1 atom stereocenters. The number of aliphatic hydroxyl groups is 1. The number of carbonyl (C=O) groups is 1. The molecule has 5 nitrogen and oxygen atoms in total. The van der Waals surface area contributed by atoms with Gasteiger partial charge in [0.15, 0.2) is 0 Å². The van der Waals surface area contributed by atoms with Crippen molar-refractivity contribution in [1.82, 2.24) is 10.2 Å². The maximum atomic E-state index is 11.2. The average molecular weight is 216 g/mol. The molecule has 88 valence electrons. The zero-order valence-corrected chi connectivity index (χ0v) is 9.40. The number of nitrogens with zero attached hydrogens (tertiary/aromatic N) is 1. The number of ether oxygens (including phenoxy) is 1. The first-order valence-electron chi connectivity index (χ1n) is 4.83. The van der Waals surface area contributed by atoms with Crippen LogP contribution in [0.1, 0.15) is 0 Å². The number of hydrogen-bond acceptors (Lipinski definition) is 4. The SMILES string of the molecule is C=CCNC(=O)CN(C)CC(O)COC. The summed E-state index contributed by atoms with van der Waals surface area (Å²) in [6, 6.07) is 0. The van der Waals surface area contributed by atoms with Gasteiger partial charge in [-0.15, -0.1) is 6.58 Å². The predicted molar refractivity (Wildman–Crippen MR) is 58.6 cm³/mol. The third-order valence-electron chi connectivity index (χ3n) is 1.74. The predicted octanol–water partition coefficient (Wildman–Crippen LogP) is -0.772. The molecule has 0 aliphatic heterocycles. The molecule has 0 aromatic carbocycles. The fourth-order valence-corrected chi connectivity index (χ4v) is 1.16. The zero-order valence-electron chi connectivity index (χ0n) is 9.40. The molecule has 0 spiro atoms. The first-order chi connectivity index (χ1) is 7.10. The molecule has 0 aromatic rings. The minimum atomic E-state index is -0.563. The molecule has 0 bridgehead atoms. The number of carbonyl (C=O) groups excluding carboxylic acids is 1. The topological polar surface area (TPSA) is 61.8 Å². The van der Waals surface area contributed by atoms with Crippen molar-refractivity contribution in [3.05, 3.63) is 12.7 Å². The lowest BCUT2D eigenvalue weighted by Gasteiger charge is -2.19. The summed E-state index contributed by atoms with van der Waals surface area (Å²) in [5.41, 5.74) is 0. The average Bonchev–Trinajstić information content (AvgIpc) is 2.14. The summed E-state index contributed by atoms with van der Waals surface area (Å²) >= 11 is 0. The summed E-state index contributed by atoms with van der Waals surface area (Å²) in [5.74, 6) is -0.0815. The number of methoxy groups -OCH3 is 1. The van der Waals surface area contributed by atoms with Gasteiger partial charge in [-0.05, 0) is 7.05 Å². The maximum Gasteiger partial charge on any atom is 0.234 e. The summed E-state index contributed by atoms with van der Waals surface area (Å²) in [6.45, 7) is 4.91. The maximum absolute atomic E-state index is 11.2. The highest BCUT2D eigenvalue weighted by atomic mass is 16.5. The molecule has 0 aliphatic rings. The number of amides is 1. The first kappa shape index (κ1) is 14.1. The highest BCUT2D eigenvalue weighted by Crippen LogP contribution is 1.89. The molecule has 0 heterocycles. The van der Waals surface area contributed by atoms with Gasteiger partial charge in [0, 0.05) is 20.2 Å². The number of hydrogen-bond donors (Lipinski definition) is 2. The van der Waals surface area contributed by atoms with Crippen LogP contribution in [-0.4, -0.2) is 62.4 Å². The highest BCUT2D eigenvalue weighted by molar-refractivity contribution is 5.78. The fraction of sp³-hybridized carbons (Fsp3) is 0.700. The standard InChI is InChI=1S/C10H20N2O3/c1-4-5-11-10(14)7-12(2)6-9(13)8-15-3/h4,9,13H,1,5-8H2,2-3H3,(H,11,14). The van der Waals surface area contributed by atoms with Crippen molar-refractivity contribution >= 4 is 5.91 Å². The van der Waals surface area contributed by atoms with Crippen molar-refractivity contribution in [2.24, 2.45) is 0 Å². The largest absolute Gasteiger partial charge is 0.389 e. The van der Waals surface area contributed by atoms with Gasteiger partial charge in [0.05, 0.1) is 19.3 Å². The highest BCUT2D eigenvalue weighted by Gasteiger charge is 2.10. The van der Waals surface area contributed by atoms with Crippen molar-refractivity contribution in [3.8, 4) is 0 Å². The summed E-state index contributed by atoms with van der Waals surface area (Å²) in [6.07, 6.45) is 1.06. The molecule has 0 fully saturated rings. The van der Waals surface area contributed by atoms with Crippen LogP contribution in [0.5, 0.6) is 0 Å². The Morgan fingerprint density at radius 3 is 2.93 bits per heavy atom. The molecule has 5 heteroatoms. The van der Waals surface area contributed by atoms with Crippen LogP contribution in [0.25, 0.3) is 0 Å². The Balaban J connectivity index is 3.67. The Bertz CT molecular complexity index is 197. The summed E-state index contributed by atoms with van der Waals surface area (Å²) in [4.78, 5) is 13.0. The van der Waals surface area contributed by atoms with E-state index >= 15 is 0 Å². The molecule has 2 N–H and O–H groups in total. The van der Waals surface area contributed by atoms with E-state index in [1.807, 2.05) is 0 Å². The lowest BCUT2D eigenvalue weighted by molar-refractivity contribution is -0.122. The quantitative estimate of drug-likeness (QED) is 0.523. The summed E-state index contributed by atoms with van der Waals surface area (Å²) in [7, 11) is 3.30. The van der Waals surface area contributed by atoms with Crippen LogP contribution in [0.2, 0.25) is 0 Å². The lowest BCUT2D eigenvalue weighted by atomic mass is 10.3.